The first-order valence-electron chi connectivity index (χ1n) is 12.3. The SMILES string of the molecule is Cc1cccc(CN2CCC3(CC2)C(=O)N(c2ccoc2)c2ccccc23)n1.O=C(O)C(F)(F)F.O=C(O)C(F)(F)F. The van der Waals surface area contributed by atoms with Crippen LogP contribution in [0.25, 0.3) is 0 Å². The van der Waals surface area contributed by atoms with Crippen molar-refractivity contribution in [3.63, 3.8) is 0 Å². The number of aromatic nitrogens is 1. The van der Waals surface area contributed by atoms with Gasteiger partial charge in [0.15, 0.2) is 0 Å². The van der Waals surface area contributed by atoms with E-state index in [1.165, 1.54) is 0 Å². The smallest absolute Gasteiger partial charge is 0.475 e. The lowest BCUT2D eigenvalue weighted by atomic mass is 9.73. The van der Waals surface area contributed by atoms with Crippen LogP contribution in [0, 0.1) is 6.92 Å². The number of carboxylic acids is 2. The number of pyridine rings is 1. The Balaban J connectivity index is 0.000000289. The third kappa shape index (κ3) is 7.46. The van der Waals surface area contributed by atoms with Crippen molar-refractivity contribution in [3.8, 4) is 0 Å². The molecule has 0 aliphatic carbocycles. The van der Waals surface area contributed by atoms with Gasteiger partial charge in [-0.1, -0.05) is 24.3 Å². The van der Waals surface area contributed by atoms with Crippen LogP contribution in [0.4, 0.5) is 37.7 Å². The van der Waals surface area contributed by atoms with Crippen LogP contribution < -0.4 is 4.90 Å². The molecule has 9 nitrogen and oxygen atoms in total. The zero-order valence-corrected chi connectivity index (χ0v) is 21.9. The number of alkyl halides is 6. The highest BCUT2D eigenvalue weighted by molar-refractivity contribution is 6.13. The number of hydrogen-bond donors (Lipinski definition) is 2. The van der Waals surface area contributed by atoms with Gasteiger partial charge in [0.25, 0.3) is 0 Å². The van der Waals surface area contributed by atoms with Crippen molar-refractivity contribution in [2.75, 3.05) is 18.0 Å². The first-order valence-corrected chi connectivity index (χ1v) is 12.3. The minimum atomic E-state index is -5.08. The number of anilines is 2. The molecule has 4 heterocycles. The molecule has 0 saturated carbocycles. The van der Waals surface area contributed by atoms with E-state index >= 15 is 0 Å². The topological polar surface area (TPSA) is 124 Å². The molecular formula is C27H25F6N3O6. The molecule has 0 unspecified atom stereocenters. The van der Waals surface area contributed by atoms with Gasteiger partial charge in [0.1, 0.15) is 6.26 Å². The first-order chi connectivity index (χ1) is 19.6. The van der Waals surface area contributed by atoms with Crippen LogP contribution in [-0.2, 0) is 26.3 Å². The van der Waals surface area contributed by atoms with Gasteiger partial charge in [0, 0.05) is 18.3 Å². The summed E-state index contributed by atoms with van der Waals surface area (Å²) in [6.45, 7) is 4.62. The Labute approximate surface area is 235 Å². The Bertz CT molecular complexity index is 1380. The number of carboxylic acid groups (broad SMARTS) is 2. The molecular weight excluding hydrogens is 576 g/mol. The van der Waals surface area contributed by atoms with Gasteiger partial charge in [0.2, 0.25) is 5.91 Å². The van der Waals surface area contributed by atoms with Gasteiger partial charge in [-0.3, -0.25) is 19.6 Å². The molecule has 2 N–H and O–H groups in total. The van der Waals surface area contributed by atoms with Crippen LogP contribution in [0.5, 0.6) is 0 Å². The number of furan rings is 1. The second-order valence-corrected chi connectivity index (χ2v) is 9.37. The van der Waals surface area contributed by atoms with Gasteiger partial charge >= 0.3 is 24.3 Å². The summed E-state index contributed by atoms with van der Waals surface area (Å²) >= 11 is 0. The van der Waals surface area contributed by atoms with Crippen molar-refractivity contribution >= 4 is 29.2 Å². The molecule has 1 amide bonds. The van der Waals surface area contributed by atoms with Gasteiger partial charge < -0.3 is 14.6 Å². The highest BCUT2D eigenvalue weighted by atomic mass is 19.4. The number of likely N-dealkylation sites (tertiary alicyclic amines) is 1. The molecule has 2 aliphatic rings. The van der Waals surface area contributed by atoms with E-state index in [0.717, 1.165) is 60.8 Å². The molecule has 42 heavy (non-hydrogen) atoms. The summed E-state index contributed by atoms with van der Waals surface area (Å²) < 4.78 is 68.7. The minimum absolute atomic E-state index is 0.170. The standard InChI is InChI=1S/C23H23N3O2.2C2HF3O2/c1-17-5-4-6-18(24-17)15-25-12-10-23(11-13-25)20-7-2-3-8-21(20)26(22(23)27)19-9-14-28-16-19;2*3-2(4,5)1(6)7/h2-9,14,16H,10-13,15H2,1H3;2*(H,6,7). The van der Waals surface area contributed by atoms with E-state index in [9.17, 15) is 31.1 Å². The van der Waals surface area contributed by atoms with Crippen LogP contribution in [0.1, 0.15) is 29.8 Å². The van der Waals surface area contributed by atoms with E-state index in [0.29, 0.717) is 0 Å². The number of fused-ring (bicyclic) bond motifs is 2. The number of carbonyl (C=O) groups excluding carboxylic acids is 1. The van der Waals surface area contributed by atoms with Crippen molar-refractivity contribution in [2.45, 2.75) is 44.1 Å². The summed E-state index contributed by atoms with van der Waals surface area (Å²) in [5.74, 6) is -5.34. The van der Waals surface area contributed by atoms with Crippen LogP contribution in [0.2, 0.25) is 0 Å². The number of amides is 1. The number of aryl methyl sites for hydroxylation is 1. The number of hydrogen-bond acceptors (Lipinski definition) is 6. The number of piperidine rings is 1. The monoisotopic (exact) mass is 601 g/mol. The lowest BCUT2D eigenvalue weighted by Gasteiger charge is -2.38. The first kappa shape index (κ1) is 32.1. The predicted molar refractivity (Wildman–Crippen MR) is 135 cm³/mol. The molecule has 1 aromatic carbocycles. The molecule has 1 spiro atoms. The molecule has 1 fully saturated rings. The van der Waals surface area contributed by atoms with Crippen molar-refractivity contribution in [1.29, 1.82) is 0 Å². The fourth-order valence-electron chi connectivity index (χ4n) is 4.65. The van der Waals surface area contributed by atoms with Gasteiger partial charge in [0.05, 0.1) is 28.7 Å². The van der Waals surface area contributed by atoms with Crippen molar-refractivity contribution in [1.82, 2.24) is 9.88 Å². The van der Waals surface area contributed by atoms with Crippen LogP contribution in [0.15, 0.2) is 65.5 Å². The predicted octanol–water partition coefficient (Wildman–Crippen LogP) is 5.46. The van der Waals surface area contributed by atoms with Crippen LogP contribution in [0.3, 0.4) is 0 Å². The van der Waals surface area contributed by atoms with Crippen molar-refractivity contribution in [2.24, 2.45) is 0 Å². The Hall–Kier alpha value is -4.40. The van der Waals surface area contributed by atoms with Crippen molar-refractivity contribution < 1.29 is 55.4 Å². The fourth-order valence-corrected chi connectivity index (χ4v) is 4.65. The zero-order valence-electron chi connectivity index (χ0n) is 21.9. The summed E-state index contributed by atoms with van der Waals surface area (Å²) in [5, 5.41) is 14.2. The third-order valence-electron chi connectivity index (χ3n) is 6.56. The minimum Gasteiger partial charge on any atom is -0.475 e. The molecule has 0 atom stereocenters. The van der Waals surface area contributed by atoms with Crippen LogP contribution in [-0.4, -0.2) is 63.4 Å². The number of aliphatic carboxylic acids is 2. The Morgan fingerprint density at radius 1 is 0.929 bits per heavy atom. The van der Waals surface area contributed by atoms with E-state index in [1.54, 1.807) is 12.5 Å². The molecule has 2 aromatic heterocycles. The van der Waals surface area contributed by atoms with Crippen LogP contribution >= 0.6 is 0 Å². The molecule has 1 saturated heterocycles. The summed E-state index contributed by atoms with van der Waals surface area (Å²) in [6.07, 6.45) is -5.26. The van der Waals surface area contributed by atoms with Gasteiger partial charge in [-0.05, 0) is 56.6 Å². The van der Waals surface area contributed by atoms with E-state index < -0.39 is 29.7 Å². The quantitative estimate of drug-likeness (QED) is 0.380. The molecule has 5 rings (SSSR count). The number of nitrogens with zero attached hydrogens (tertiary/aromatic N) is 3. The Morgan fingerprint density at radius 3 is 2.00 bits per heavy atom. The van der Waals surface area contributed by atoms with E-state index in [1.807, 2.05) is 42.2 Å². The normalized spacial score (nSPS) is 16.2. The number of halogens is 6. The maximum Gasteiger partial charge on any atom is 0.490 e. The lowest BCUT2D eigenvalue weighted by molar-refractivity contribution is -0.193. The van der Waals surface area contributed by atoms with Gasteiger partial charge in [-0.15, -0.1) is 0 Å². The summed E-state index contributed by atoms with van der Waals surface area (Å²) in [6, 6.07) is 16.2. The zero-order chi connectivity index (χ0) is 31.3. The number of rotatable bonds is 3. The molecule has 0 radical (unpaired) electrons. The fraction of sp³-hybridized carbons (Fsp3) is 0.333. The van der Waals surface area contributed by atoms with Gasteiger partial charge in [-0.25, -0.2) is 9.59 Å². The highest BCUT2D eigenvalue weighted by Crippen LogP contribution is 2.50. The largest absolute Gasteiger partial charge is 0.490 e. The summed E-state index contributed by atoms with van der Waals surface area (Å²) in [7, 11) is 0. The number of carbonyl (C=O) groups is 3. The molecule has 226 valence electrons. The van der Waals surface area contributed by atoms with E-state index in [2.05, 4.69) is 28.1 Å². The maximum absolute atomic E-state index is 13.6. The summed E-state index contributed by atoms with van der Waals surface area (Å²) in [5.41, 5.74) is 4.64. The number of para-hydroxylation sites is 1. The second-order valence-electron chi connectivity index (χ2n) is 9.37. The maximum atomic E-state index is 13.6. The third-order valence-corrected chi connectivity index (χ3v) is 6.56. The number of benzene rings is 1. The summed E-state index contributed by atoms with van der Waals surface area (Å²) in [4.78, 5) is 40.3. The average Bonchev–Trinajstić information content (AvgIpc) is 3.51. The van der Waals surface area contributed by atoms with E-state index in [4.69, 9.17) is 24.2 Å². The average molecular weight is 602 g/mol. The molecule has 3 aromatic rings. The molecule has 15 heteroatoms. The highest BCUT2D eigenvalue weighted by Gasteiger charge is 2.52. The lowest BCUT2D eigenvalue weighted by Crippen LogP contribution is -2.47. The van der Waals surface area contributed by atoms with Crippen molar-refractivity contribution in [3.05, 3.63) is 78.0 Å². The van der Waals surface area contributed by atoms with E-state index in [-0.39, 0.29) is 5.91 Å². The van der Waals surface area contributed by atoms with Gasteiger partial charge in [-0.2, -0.15) is 26.3 Å². The molecule has 0 bridgehead atoms. The Morgan fingerprint density at radius 2 is 1.50 bits per heavy atom. The second kappa shape index (κ2) is 12.6. The Kier molecular flexibility index (Phi) is 9.66. The molecule has 2 aliphatic heterocycles.